The molecule has 1 aliphatic rings. The first-order chi connectivity index (χ1) is 6.79. The summed E-state index contributed by atoms with van der Waals surface area (Å²) in [5.74, 6) is 0.262. The van der Waals surface area contributed by atoms with E-state index in [2.05, 4.69) is 0 Å². The Bertz CT molecular complexity index is 301. The topological polar surface area (TPSA) is 43.4 Å². The van der Waals surface area contributed by atoms with Gasteiger partial charge in [0.2, 0.25) is 0 Å². The largest absolute Gasteiger partial charge is 0.423 e. The Hall–Kier alpha value is -0.0831. The molecular formula is C7H13F3O3SSi. The van der Waals surface area contributed by atoms with Gasteiger partial charge in [0.1, 0.15) is 9.84 Å². The second kappa shape index (κ2) is 4.83. The number of alkyl halides is 3. The third-order valence-electron chi connectivity index (χ3n) is 2.21. The Labute approximate surface area is 88.9 Å². The third kappa shape index (κ3) is 5.52. The van der Waals surface area contributed by atoms with Crippen LogP contribution in [-0.2, 0) is 14.3 Å². The smallest absolute Gasteiger partial charge is 0.391 e. The molecule has 8 heteroatoms. The molecule has 90 valence electrons. The van der Waals surface area contributed by atoms with Gasteiger partial charge in [-0.2, -0.15) is 13.2 Å². The Morgan fingerprint density at radius 2 is 2.07 bits per heavy atom. The Balaban J connectivity index is 2.12. The molecule has 1 fully saturated rings. The fraction of sp³-hybridized carbons (Fsp3) is 1.00. The quantitative estimate of drug-likeness (QED) is 0.552. The molecule has 1 atom stereocenters. The van der Waals surface area contributed by atoms with E-state index in [1.165, 1.54) is 0 Å². The van der Waals surface area contributed by atoms with E-state index in [1.54, 1.807) is 0 Å². The standard InChI is InChI=1S/C7H13F3O3SSi/c8-7(9,10)2-3-13-15-6-1-4-14(11,12)5-6/h6H,1-5,15H2. The predicted octanol–water partition coefficient (Wildman–Crippen LogP) is 0.646. The van der Waals surface area contributed by atoms with Crippen LogP contribution in [0, 0.1) is 0 Å². The maximum atomic E-state index is 11.7. The molecule has 0 amide bonds. The van der Waals surface area contributed by atoms with Crippen LogP contribution in [0.4, 0.5) is 13.2 Å². The highest BCUT2D eigenvalue weighted by atomic mass is 32.2. The van der Waals surface area contributed by atoms with Gasteiger partial charge in [-0.1, -0.05) is 0 Å². The highest BCUT2D eigenvalue weighted by molar-refractivity contribution is 7.91. The minimum absolute atomic E-state index is 0.00299. The highest BCUT2D eigenvalue weighted by Crippen LogP contribution is 2.23. The molecule has 3 nitrogen and oxygen atoms in total. The van der Waals surface area contributed by atoms with E-state index in [0.717, 1.165) is 0 Å². The van der Waals surface area contributed by atoms with E-state index in [1.807, 2.05) is 0 Å². The van der Waals surface area contributed by atoms with E-state index in [0.29, 0.717) is 6.42 Å². The van der Waals surface area contributed by atoms with Crippen LogP contribution >= 0.6 is 0 Å². The lowest BCUT2D eigenvalue weighted by Gasteiger charge is -2.09. The summed E-state index contributed by atoms with van der Waals surface area (Å²) in [5.41, 5.74) is 0.00299. The van der Waals surface area contributed by atoms with Crippen molar-refractivity contribution in [1.82, 2.24) is 0 Å². The van der Waals surface area contributed by atoms with Crippen LogP contribution in [0.3, 0.4) is 0 Å². The maximum Gasteiger partial charge on any atom is 0.391 e. The van der Waals surface area contributed by atoms with E-state index < -0.39 is 32.2 Å². The van der Waals surface area contributed by atoms with Gasteiger partial charge in [0.25, 0.3) is 0 Å². The summed E-state index contributed by atoms with van der Waals surface area (Å²) < 4.78 is 62.1. The van der Waals surface area contributed by atoms with E-state index in [-0.39, 0.29) is 23.7 Å². The Morgan fingerprint density at radius 1 is 1.40 bits per heavy atom. The average molecular weight is 262 g/mol. The van der Waals surface area contributed by atoms with Gasteiger partial charge >= 0.3 is 6.18 Å². The number of hydrogen-bond donors (Lipinski definition) is 0. The molecule has 1 rings (SSSR count). The third-order valence-corrected chi connectivity index (χ3v) is 6.16. The summed E-state index contributed by atoms with van der Waals surface area (Å²) in [6.45, 7) is -0.327. The second-order valence-corrected chi connectivity index (χ2v) is 7.83. The van der Waals surface area contributed by atoms with E-state index in [4.69, 9.17) is 4.43 Å². The van der Waals surface area contributed by atoms with Crippen LogP contribution in [0.2, 0.25) is 5.54 Å². The maximum absolute atomic E-state index is 11.7. The number of sulfone groups is 1. The van der Waals surface area contributed by atoms with Crippen molar-refractivity contribution in [1.29, 1.82) is 0 Å². The van der Waals surface area contributed by atoms with Crippen molar-refractivity contribution in [3.63, 3.8) is 0 Å². The molecule has 0 N–H and O–H groups in total. The van der Waals surface area contributed by atoms with Crippen LogP contribution in [-0.4, -0.2) is 42.5 Å². The molecule has 0 aromatic heterocycles. The molecule has 0 bridgehead atoms. The van der Waals surface area contributed by atoms with Crippen molar-refractivity contribution in [3.8, 4) is 0 Å². The van der Waals surface area contributed by atoms with Gasteiger partial charge in [0.05, 0.1) is 17.9 Å². The average Bonchev–Trinajstić information content (AvgIpc) is 2.38. The lowest BCUT2D eigenvalue weighted by molar-refractivity contribution is -0.139. The lowest BCUT2D eigenvalue weighted by atomic mass is 10.4. The van der Waals surface area contributed by atoms with Crippen LogP contribution in [0.25, 0.3) is 0 Å². The first-order valence-electron chi connectivity index (χ1n) is 4.63. The minimum Gasteiger partial charge on any atom is -0.423 e. The predicted molar refractivity (Wildman–Crippen MR) is 52.2 cm³/mol. The van der Waals surface area contributed by atoms with Gasteiger partial charge < -0.3 is 4.43 Å². The molecule has 15 heavy (non-hydrogen) atoms. The molecule has 1 heterocycles. The summed E-state index contributed by atoms with van der Waals surface area (Å²) in [5, 5.41) is 0. The molecular weight excluding hydrogens is 249 g/mol. The minimum atomic E-state index is -4.18. The number of hydrogen-bond acceptors (Lipinski definition) is 3. The fourth-order valence-corrected chi connectivity index (χ4v) is 5.96. The van der Waals surface area contributed by atoms with Crippen molar-refractivity contribution in [2.45, 2.75) is 24.6 Å². The SMILES string of the molecule is O=S1(=O)CCC([SiH2]OCCC(F)(F)F)C1. The molecule has 0 aromatic rings. The van der Waals surface area contributed by atoms with Crippen molar-refractivity contribution < 1.29 is 26.0 Å². The van der Waals surface area contributed by atoms with Crippen molar-refractivity contribution in [3.05, 3.63) is 0 Å². The van der Waals surface area contributed by atoms with Gasteiger partial charge in [-0.15, -0.1) is 0 Å². The number of halogens is 3. The monoisotopic (exact) mass is 262 g/mol. The normalized spacial score (nSPS) is 26.5. The van der Waals surface area contributed by atoms with Gasteiger partial charge in [0, 0.05) is 6.61 Å². The van der Waals surface area contributed by atoms with Gasteiger partial charge in [0.15, 0.2) is 9.76 Å². The first kappa shape index (κ1) is 13.0. The Morgan fingerprint density at radius 3 is 2.53 bits per heavy atom. The zero-order valence-electron chi connectivity index (χ0n) is 8.09. The second-order valence-electron chi connectivity index (χ2n) is 3.71. The first-order valence-corrected chi connectivity index (χ1v) is 7.85. The van der Waals surface area contributed by atoms with Gasteiger partial charge in [-0.3, -0.25) is 0 Å². The molecule has 0 saturated carbocycles. The van der Waals surface area contributed by atoms with Gasteiger partial charge in [-0.25, -0.2) is 8.42 Å². The molecule has 1 saturated heterocycles. The van der Waals surface area contributed by atoms with Crippen LogP contribution < -0.4 is 0 Å². The molecule has 0 aliphatic carbocycles. The van der Waals surface area contributed by atoms with Crippen LogP contribution in [0.15, 0.2) is 0 Å². The summed E-state index contributed by atoms with van der Waals surface area (Å²) in [4.78, 5) is 0. The molecule has 0 aromatic carbocycles. The van der Waals surface area contributed by atoms with E-state index in [9.17, 15) is 21.6 Å². The lowest BCUT2D eigenvalue weighted by Crippen LogP contribution is -2.16. The Kier molecular flexibility index (Phi) is 4.18. The van der Waals surface area contributed by atoms with Crippen molar-refractivity contribution >= 4 is 19.6 Å². The summed E-state index contributed by atoms with van der Waals surface area (Å²) >= 11 is 0. The molecule has 0 spiro atoms. The van der Waals surface area contributed by atoms with Crippen molar-refractivity contribution in [2.75, 3.05) is 18.1 Å². The summed E-state index contributed by atoms with van der Waals surface area (Å²) in [6, 6.07) is 0. The fourth-order valence-electron chi connectivity index (χ4n) is 1.44. The van der Waals surface area contributed by atoms with Crippen molar-refractivity contribution in [2.24, 2.45) is 0 Å². The van der Waals surface area contributed by atoms with Crippen LogP contribution in [0.5, 0.6) is 0 Å². The zero-order valence-corrected chi connectivity index (χ0v) is 10.3. The molecule has 1 aliphatic heterocycles. The summed E-state index contributed by atoms with van der Waals surface area (Å²) in [7, 11) is -4.06. The highest BCUT2D eigenvalue weighted by Gasteiger charge is 2.29. The van der Waals surface area contributed by atoms with Gasteiger partial charge in [-0.05, 0) is 12.0 Å². The van der Waals surface area contributed by atoms with E-state index >= 15 is 0 Å². The zero-order chi connectivity index (χ0) is 11.5. The molecule has 0 radical (unpaired) electrons. The van der Waals surface area contributed by atoms with Crippen LogP contribution in [0.1, 0.15) is 12.8 Å². The summed E-state index contributed by atoms with van der Waals surface area (Å²) in [6.07, 6.45) is -4.57. The molecule has 1 unspecified atom stereocenters. The number of rotatable bonds is 4.